The van der Waals surface area contributed by atoms with Crippen molar-refractivity contribution >= 4 is 34.9 Å². The Hall–Kier alpha value is -1.72. The molecule has 0 saturated heterocycles. The Labute approximate surface area is 112 Å². The second-order valence-electron chi connectivity index (χ2n) is 3.29. The van der Waals surface area contributed by atoms with Gasteiger partial charge in [0.05, 0.1) is 10.6 Å². The summed E-state index contributed by atoms with van der Waals surface area (Å²) in [5.41, 5.74) is 0.141. The lowest BCUT2D eigenvalue weighted by Crippen LogP contribution is -2.14. The van der Waals surface area contributed by atoms with Gasteiger partial charge in [0, 0.05) is 6.20 Å². The summed E-state index contributed by atoms with van der Waals surface area (Å²) in [6.45, 7) is 0. The lowest BCUT2D eigenvalue weighted by Gasteiger charge is -2.05. The molecular weight excluding hydrogens is 280 g/mol. The van der Waals surface area contributed by atoms with Crippen molar-refractivity contribution in [2.45, 2.75) is 0 Å². The van der Waals surface area contributed by atoms with Crippen molar-refractivity contribution in [1.82, 2.24) is 9.97 Å². The number of rotatable bonds is 2. The second-order valence-corrected chi connectivity index (χ2v) is 4.08. The molecule has 0 fully saturated rings. The summed E-state index contributed by atoms with van der Waals surface area (Å²) in [5.74, 6) is -1.14. The van der Waals surface area contributed by atoms with Crippen LogP contribution in [0, 0.1) is 5.95 Å². The van der Waals surface area contributed by atoms with E-state index in [0.717, 1.165) is 0 Å². The maximum Gasteiger partial charge on any atom is 0.258 e. The lowest BCUT2D eigenvalue weighted by atomic mass is 10.2. The molecule has 0 radical (unpaired) electrons. The molecular formula is C11H6Cl2FN3O. The molecule has 0 aliphatic rings. The molecule has 0 atom stereocenters. The van der Waals surface area contributed by atoms with E-state index in [1.54, 1.807) is 0 Å². The van der Waals surface area contributed by atoms with Crippen LogP contribution in [-0.4, -0.2) is 15.9 Å². The lowest BCUT2D eigenvalue weighted by molar-refractivity contribution is 0.102. The predicted molar refractivity (Wildman–Crippen MR) is 66.4 cm³/mol. The van der Waals surface area contributed by atoms with Gasteiger partial charge in [0.1, 0.15) is 11.0 Å². The van der Waals surface area contributed by atoms with Crippen LogP contribution in [-0.2, 0) is 0 Å². The first kappa shape index (κ1) is 12.7. The first-order chi connectivity index (χ1) is 8.56. The van der Waals surface area contributed by atoms with E-state index in [2.05, 4.69) is 15.3 Å². The number of nitrogens with one attached hydrogen (secondary N) is 1. The van der Waals surface area contributed by atoms with Gasteiger partial charge >= 0.3 is 0 Å². The fourth-order valence-corrected chi connectivity index (χ4v) is 1.60. The van der Waals surface area contributed by atoms with Gasteiger partial charge in [0.2, 0.25) is 5.95 Å². The molecule has 0 aromatic carbocycles. The van der Waals surface area contributed by atoms with E-state index in [4.69, 9.17) is 23.2 Å². The maximum atomic E-state index is 12.8. The topological polar surface area (TPSA) is 54.9 Å². The van der Waals surface area contributed by atoms with Crippen LogP contribution in [0.3, 0.4) is 0 Å². The average molecular weight is 286 g/mol. The number of aromatic nitrogens is 2. The Balaban J connectivity index is 2.24. The van der Waals surface area contributed by atoms with Crippen molar-refractivity contribution in [1.29, 1.82) is 0 Å². The summed E-state index contributed by atoms with van der Waals surface area (Å²) in [6, 6.07) is 5.38. The number of pyridine rings is 2. The largest absolute Gasteiger partial charge is 0.306 e. The molecule has 4 nitrogen and oxygen atoms in total. The summed E-state index contributed by atoms with van der Waals surface area (Å²) in [5, 5.41) is 2.69. The Bertz CT molecular complexity index is 607. The van der Waals surface area contributed by atoms with Crippen LogP contribution < -0.4 is 5.32 Å². The van der Waals surface area contributed by atoms with E-state index < -0.39 is 11.9 Å². The third-order valence-corrected chi connectivity index (χ3v) is 2.53. The Morgan fingerprint density at radius 3 is 2.83 bits per heavy atom. The quantitative estimate of drug-likeness (QED) is 0.863. The number of amides is 1. The molecule has 0 spiro atoms. The molecule has 0 saturated carbocycles. The summed E-state index contributed by atoms with van der Waals surface area (Å²) < 4.78 is 12.8. The van der Waals surface area contributed by atoms with E-state index >= 15 is 0 Å². The molecule has 92 valence electrons. The smallest absolute Gasteiger partial charge is 0.258 e. The van der Waals surface area contributed by atoms with E-state index in [0.29, 0.717) is 0 Å². The normalized spacial score (nSPS) is 10.2. The van der Waals surface area contributed by atoms with Crippen molar-refractivity contribution in [2.24, 2.45) is 0 Å². The number of anilines is 1. The minimum Gasteiger partial charge on any atom is -0.306 e. The number of halogens is 3. The van der Waals surface area contributed by atoms with Crippen molar-refractivity contribution < 1.29 is 9.18 Å². The highest BCUT2D eigenvalue weighted by Crippen LogP contribution is 2.19. The van der Waals surface area contributed by atoms with Crippen LogP contribution in [0.5, 0.6) is 0 Å². The standard InChI is InChI=1S/C11H6Cl2FN3O/c12-7-5-15-8(13)4-6(7)11(18)17-10-3-1-2-9(14)16-10/h1-5H,(H,16,17,18). The highest BCUT2D eigenvalue weighted by molar-refractivity contribution is 6.35. The number of carbonyl (C=O) groups is 1. The van der Waals surface area contributed by atoms with Crippen molar-refractivity contribution in [3.05, 3.63) is 52.1 Å². The van der Waals surface area contributed by atoms with Gasteiger partial charge in [-0.15, -0.1) is 0 Å². The zero-order chi connectivity index (χ0) is 13.1. The van der Waals surface area contributed by atoms with Crippen LogP contribution in [0.15, 0.2) is 30.5 Å². The number of hydrogen-bond acceptors (Lipinski definition) is 3. The fourth-order valence-electron chi connectivity index (χ4n) is 1.25. The van der Waals surface area contributed by atoms with E-state index in [9.17, 15) is 9.18 Å². The van der Waals surface area contributed by atoms with E-state index in [1.807, 2.05) is 0 Å². The van der Waals surface area contributed by atoms with Crippen LogP contribution in [0.2, 0.25) is 10.2 Å². The van der Waals surface area contributed by atoms with Gasteiger partial charge in [-0.1, -0.05) is 29.3 Å². The zero-order valence-electron chi connectivity index (χ0n) is 8.82. The van der Waals surface area contributed by atoms with Gasteiger partial charge in [-0.05, 0) is 18.2 Å². The van der Waals surface area contributed by atoms with Gasteiger partial charge in [-0.2, -0.15) is 4.39 Å². The Morgan fingerprint density at radius 1 is 1.33 bits per heavy atom. The summed E-state index contributed by atoms with van der Waals surface area (Å²) >= 11 is 11.5. The fraction of sp³-hybridized carbons (Fsp3) is 0. The molecule has 2 aromatic rings. The molecule has 2 rings (SSSR count). The van der Waals surface area contributed by atoms with Crippen LogP contribution in [0.4, 0.5) is 10.2 Å². The molecule has 1 amide bonds. The molecule has 2 heterocycles. The third-order valence-electron chi connectivity index (χ3n) is 2.02. The van der Waals surface area contributed by atoms with Gasteiger partial charge in [-0.25, -0.2) is 9.97 Å². The zero-order valence-corrected chi connectivity index (χ0v) is 10.3. The van der Waals surface area contributed by atoms with Gasteiger partial charge in [0.25, 0.3) is 5.91 Å². The minimum absolute atomic E-state index is 0.0870. The molecule has 0 aliphatic heterocycles. The Kier molecular flexibility index (Phi) is 3.74. The van der Waals surface area contributed by atoms with Crippen LogP contribution >= 0.6 is 23.2 Å². The van der Waals surface area contributed by atoms with Crippen LogP contribution in [0.1, 0.15) is 10.4 Å². The summed E-state index contributed by atoms with van der Waals surface area (Å²) in [7, 11) is 0. The van der Waals surface area contributed by atoms with E-state index in [-0.39, 0.29) is 21.6 Å². The van der Waals surface area contributed by atoms with Crippen molar-refractivity contribution in [3.8, 4) is 0 Å². The summed E-state index contributed by atoms with van der Waals surface area (Å²) in [6.07, 6.45) is 1.26. The Morgan fingerprint density at radius 2 is 2.11 bits per heavy atom. The molecule has 7 heteroatoms. The van der Waals surface area contributed by atoms with Gasteiger partial charge in [0.15, 0.2) is 0 Å². The minimum atomic E-state index is -0.688. The van der Waals surface area contributed by atoms with Gasteiger partial charge < -0.3 is 5.32 Å². The number of nitrogens with zero attached hydrogens (tertiary/aromatic N) is 2. The molecule has 18 heavy (non-hydrogen) atoms. The van der Waals surface area contributed by atoms with E-state index in [1.165, 1.54) is 30.5 Å². The predicted octanol–water partition coefficient (Wildman–Crippen LogP) is 3.17. The summed E-state index contributed by atoms with van der Waals surface area (Å²) in [4.78, 5) is 19.1. The molecule has 0 unspecified atom stereocenters. The number of carbonyl (C=O) groups excluding carboxylic acids is 1. The first-order valence-corrected chi connectivity index (χ1v) is 5.57. The third kappa shape index (κ3) is 2.94. The highest BCUT2D eigenvalue weighted by atomic mass is 35.5. The highest BCUT2D eigenvalue weighted by Gasteiger charge is 2.12. The molecule has 1 N–H and O–H groups in total. The van der Waals surface area contributed by atoms with Crippen LogP contribution in [0.25, 0.3) is 0 Å². The van der Waals surface area contributed by atoms with Crippen molar-refractivity contribution in [2.75, 3.05) is 5.32 Å². The molecule has 0 bridgehead atoms. The SMILES string of the molecule is O=C(Nc1cccc(F)n1)c1cc(Cl)ncc1Cl. The average Bonchev–Trinajstić information content (AvgIpc) is 2.32. The van der Waals surface area contributed by atoms with Crippen molar-refractivity contribution in [3.63, 3.8) is 0 Å². The van der Waals surface area contributed by atoms with Gasteiger partial charge in [-0.3, -0.25) is 4.79 Å². The first-order valence-electron chi connectivity index (χ1n) is 4.81. The maximum absolute atomic E-state index is 12.8. The number of hydrogen-bond donors (Lipinski definition) is 1. The monoisotopic (exact) mass is 285 g/mol. The second kappa shape index (κ2) is 5.29. The molecule has 0 aliphatic carbocycles. The molecule has 2 aromatic heterocycles.